The lowest BCUT2D eigenvalue weighted by Crippen LogP contribution is -2.48. The van der Waals surface area contributed by atoms with Crippen LogP contribution in [0.3, 0.4) is 0 Å². The molecule has 0 fully saturated rings. The van der Waals surface area contributed by atoms with Crippen LogP contribution in [0.25, 0.3) is 0 Å². The van der Waals surface area contributed by atoms with Gasteiger partial charge in [0.15, 0.2) is 0 Å². The molecule has 1 N–H and O–H groups in total. The zero-order valence-electron chi connectivity index (χ0n) is 19.9. The second-order valence-electron chi connectivity index (χ2n) is 8.45. The highest BCUT2D eigenvalue weighted by Crippen LogP contribution is 2.18. The highest BCUT2D eigenvalue weighted by molar-refractivity contribution is 5.87. The summed E-state index contributed by atoms with van der Waals surface area (Å²) < 4.78 is 10.9. The summed E-state index contributed by atoms with van der Waals surface area (Å²) >= 11 is 0. The minimum atomic E-state index is -0.552. The standard InChI is InChI=1S/C26H36N2O4/c1-19(2)17-27-26(30)21(4)28(18-22-9-6-8-20(3)16-22)25(29)10-7-15-32-24-13-11-23(31-5)12-14-24/h6,8-9,11-14,16,19,21H,7,10,15,17-18H2,1-5H3,(H,27,30). The Morgan fingerprint density at radius 2 is 1.72 bits per heavy atom. The van der Waals surface area contributed by atoms with Gasteiger partial charge in [-0.2, -0.15) is 0 Å². The summed E-state index contributed by atoms with van der Waals surface area (Å²) in [6, 6.07) is 14.8. The van der Waals surface area contributed by atoms with Crippen molar-refractivity contribution in [1.82, 2.24) is 10.2 Å². The molecule has 174 valence electrons. The molecule has 0 saturated heterocycles. The highest BCUT2D eigenvalue weighted by Gasteiger charge is 2.25. The Labute approximate surface area is 191 Å². The SMILES string of the molecule is COc1ccc(OCCCC(=O)N(Cc2cccc(C)c2)C(C)C(=O)NCC(C)C)cc1. The van der Waals surface area contributed by atoms with Gasteiger partial charge in [-0.15, -0.1) is 0 Å². The summed E-state index contributed by atoms with van der Waals surface area (Å²) in [7, 11) is 1.62. The van der Waals surface area contributed by atoms with Crippen molar-refractivity contribution < 1.29 is 19.1 Å². The highest BCUT2D eigenvalue weighted by atomic mass is 16.5. The van der Waals surface area contributed by atoms with Crippen molar-refractivity contribution in [2.24, 2.45) is 5.92 Å². The van der Waals surface area contributed by atoms with Crippen LogP contribution < -0.4 is 14.8 Å². The normalized spacial score (nSPS) is 11.7. The van der Waals surface area contributed by atoms with Gasteiger partial charge in [0.2, 0.25) is 11.8 Å². The quantitative estimate of drug-likeness (QED) is 0.498. The van der Waals surface area contributed by atoms with Crippen LogP contribution in [-0.4, -0.2) is 43.0 Å². The molecule has 0 spiro atoms. The Bertz CT molecular complexity index is 864. The molecule has 0 saturated carbocycles. The molecule has 32 heavy (non-hydrogen) atoms. The molecule has 2 amide bonds. The van der Waals surface area contributed by atoms with E-state index in [1.54, 1.807) is 18.9 Å². The Morgan fingerprint density at radius 3 is 2.34 bits per heavy atom. The minimum absolute atomic E-state index is 0.0583. The summed E-state index contributed by atoms with van der Waals surface area (Å²) in [6.45, 7) is 9.31. The average molecular weight is 441 g/mol. The van der Waals surface area contributed by atoms with E-state index in [1.165, 1.54) is 0 Å². The number of hydrogen-bond donors (Lipinski definition) is 1. The van der Waals surface area contributed by atoms with Crippen LogP contribution in [0, 0.1) is 12.8 Å². The molecule has 0 heterocycles. The third-order valence-electron chi connectivity index (χ3n) is 5.15. The molecule has 2 rings (SSSR count). The zero-order chi connectivity index (χ0) is 23.5. The summed E-state index contributed by atoms with van der Waals surface area (Å²) in [6.07, 6.45) is 0.874. The van der Waals surface area contributed by atoms with E-state index < -0.39 is 6.04 Å². The first kappa shape index (κ1) is 25.2. The van der Waals surface area contributed by atoms with Crippen LogP contribution in [0.15, 0.2) is 48.5 Å². The molecule has 1 atom stereocenters. The molecule has 0 aliphatic rings. The molecule has 0 aliphatic carbocycles. The summed E-state index contributed by atoms with van der Waals surface area (Å²) in [5.74, 6) is 1.66. The topological polar surface area (TPSA) is 67.9 Å². The van der Waals surface area contributed by atoms with Crippen molar-refractivity contribution >= 4 is 11.8 Å². The Balaban J connectivity index is 1.97. The first-order valence-corrected chi connectivity index (χ1v) is 11.2. The van der Waals surface area contributed by atoms with Gasteiger partial charge in [-0.1, -0.05) is 43.7 Å². The predicted molar refractivity (Wildman–Crippen MR) is 127 cm³/mol. The van der Waals surface area contributed by atoms with Gasteiger partial charge in [0, 0.05) is 19.5 Å². The molecule has 2 aromatic carbocycles. The number of rotatable bonds is 12. The lowest BCUT2D eigenvalue weighted by molar-refractivity contribution is -0.140. The predicted octanol–water partition coefficient (Wildman–Crippen LogP) is 4.35. The summed E-state index contributed by atoms with van der Waals surface area (Å²) in [5.41, 5.74) is 2.14. The molecule has 1 unspecified atom stereocenters. The number of ether oxygens (including phenoxy) is 2. The van der Waals surface area contributed by atoms with Crippen molar-refractivity contribution in [3.8, 4) is 11.5 Å². The van der Waals surface area contributed by atoms with Crippen molar-refractivity contribution in [3.05, 3.63) is 59.7 Å². The van der Waals surface area contributed by atoms with E-state index in [2.05, 4.69) is 5.32 Å². The first-order chi connectivity index (χ1) is 15.3. The minimum Gasteiger partial charge on any atom is -0.497 e. The van der Waals surface area contributed by atoms with E-state index >= 15 is 0 Å². The maximum absolute atomic E-state index is 13.1. The monoisotopic (exact) mass is 440 g/mol. The van der Waals surface area contributed by atoms with E-state index in [0.29, 0.717) is 38.5 Å². The summed E-state index contributed by atoms with van der Waals surface area (Å²) in [5, 5.41) is 2.94. The number of methoxy groups -OCH3 is 1. The molecule has 6 heteroatoms. The van der Waals surface area contributed by atoms with Gasteiger partial charge in [-0.3, -0.25) is 9.59 Å². The van der Waals surface area contributed by atoms with E-state index in [1.807, 2.05) is 69.3 Å². The van der Waals surface area contributed by atoms with Gasteiger partial charge in [0.1, 0.15) is 17.5 Å². The molecule has 0 bridgehead atoms. The van der Waals surface area contributed by atoms with Crippen LogP contribution in [0.1, 0.15) is 44.7 Å². The fourth-order valence-electron chi connectivity index (χ4n) is 3.27. The lowest BCUT2D eigenvalue weighted by atomic mass is 10.1. The third-order valence-corrected chi connectivity index (χ3v) is 5.15. The summed E-state index contributed by atoms with van der Waals surface area (Å²) in [4.78, 5) is 27.4. The number of amides is 2. The van der Waals surface area contributed by atoms with E-state index in [9.17, 15) is 9.59 Å². The molecular weight excluding hydrogens is 404 g/mol. The van der Waals surface area contributed by atoms with Crippen LogP contribution in [-0.2, 0) is 16.1 Å². The first-order valence-electron chi connectivity index (χ1n) is 11.2. The van der Waals surface area contributed by atoms with Crippen LogP contribution in [0.5, 0.6) is 11.5 Å². The number of carbonyl (C=O) groups is 2. The maximum atomic E-state index is 13.1. The maximum Gasteiger partial charge on any atom is 0.242 e. The number of carbonyl (C=O) groups excluding carboxylic acids is 2. The van der Waals surface area contributed by atoms with E-state index in [4.69, 9.17) is 9.47 Å². The van der Waals surface area contributed by atoms with Crippen LogP contribution in [0.4, 0.5) is 0 Å². The van der Waals surface area contributed by atoms with Crippen molar-refractivity contribution in [2.45, 2.75) is 53.1 Å². The molecule has 0 radical (unpaired) electrons. The van der Waals surface area contributed by atoms with E-state index in [0.717, 1.165) is 22.6 Å². The van der Waals surface area contributed by atoms with Crippen molar-refractivity contribution in [2.75, 3.05) is 20.3 Å². The van der Waals surface area contributed by atoms with Gasteiger partial charge in [-0.05, 0) is 56.0 Å². The van der Waals surface area contributed by atoms with Crippen LogP contribution in [0.2, 0.25) is 0 Å². The number of hydrogen-bond acceptors (Lipinski definition) is 4. The largest absolute Gasteiger partial charge is 0.497 e. The van der Waals surface area contributed by atoms with Gasteiger partial charge < -0.3 is 19.7 Å². The van der Waals surface area contributed by atoms with Gasteiger partial charge in [-0.25, -0.2) is 0 Å². The second-order valence-corrected chi connectivity index (χ2v) is 8.45. The molecule has 0 aliphatic heterocycles. The smallest absolute Gasteiger partial charge is 0.242 e. The number of nitrogens with one attached hydrogen (secondary N) is 1. The lowest BCUT2D eigenvalue weighted by Gasteiger charge is -2.29. The molecular formula is C26H36N2O4. The number of nitrogens with zero attached hydrogens (tertiary/aromatic N) is 1. The second kappa shape index (κ2) is 12.7. The Morgan fingerprint density at radius 1 is 1.03 bits per heavy atom. The third kappa shape index (κ3) is 8.25. The van der Waals surface area contributed by atoms with Gasteiger partial charge in [0.25, 0.3) is 0 Å². The molecule has 6 nitrogen and oxygen atoms in total. The molecule has 0 aromatic heterocycles. The Hall–Kier alpha value is -3.02. The van der Waals surface area contributed by atoms with E-state index in [-0.39, 0.29) is 11.8 Å². The van der Waals surface area contributed by atoms with Crippen molar-refractivity contribution in [3.63, 3.8) is 0 Å². The zero-order valence-corrected chi connectivity index (χ0v) is 19.9. The van der Waals surface area contributed by atoms with Gasteiger partial charge in [0.05, 0.1) is 13.7 Å². The number of benzene rings is 2. The van der Waals surface area contributed by atoms with Crippen LogP contribution >= 0.6 is 0 Å². The average Bonchev–Trinajstić information content (AvgIpc) is 2.78. The fourth-order valence-corrected chi connectivity index (χ4v) is 3.27. The Kier molecular flexibility index (Phi) is 10.1. The van der Waals surface area contributed by atoms with Crippen molar-refractivity contribution in [1.29, 1.82) is 0 Å². The van der Waals surface area contributed by atoms with Gasteiger partial charge >= 0.3 is 0 Å². The fraction of sp³-hybridized carbons (Fsp3) is 0.462. The molecule has 2 aromatic rings. The number of aryl methyl sites for hydroxylation is 1.